The lowest BCUT2D eigenvalue weighted by atomic mass is 10.2. The zero-order chi connectivity index (χ0) is 13.9. The molecule has 0 aliphatic carbocycles. The number of methoxy groups -OCH3 is 1. The van der Waals surface area contributed by atoms with Gasteiger partial charge in [-0.15, -0.1) is 13.2 Å². The zero-order valence-electron chi connectivity index (χ0n) is 8.93. The van der Waals surface area contributed by atoms with Crippen LogP contribution in [0.1, 0.15) is 16.1 Å². The quantitative estimate of drug-likeness (QED) is 0.667. The average molecular weight is 269 g/mol. The van der Waals surface area contributed by atoms with Gasteiger partial charge in [0.2, 0.25) is 11.2 Å². The van der Waals surface area contributed by atoms with Gasteiger partial charge < -0.3 is 14.5 Å². The van der Waals surface area contributed by atoms with E-state index in [2.05, 4.69) is 9.47 Å². The molecule has 0 unspecified atom stereocenters. The SMILES string of the molecule is COC(=O)c1[nH]cc(CF)c(=O)c1OC(F)(F)F. The van der Waals surface area contributed by atoms with Gasteiger partial charge >= 0.3 is 12.3 Å². The summed E-state index contributed by atoms with van der Waals surface area (Å²) in [5.41, 5.74) is -2.80. The minimum atomic E-state index is -5.19. The van der Waals surface area contributed by atoms with E-state index >= 15 is 0 Å². The number of carbonyl (C=O) groups excluding carboxylic acids is 1. The summed E-state index contributed by atoms with van der Waals surface area (Å²) in [5, 5.41) is 0. The molecule has 1 rings (SSSR count). The first kappa shape index (κ1) is 14.0. The van der Waals surface area contributed by atoms with Crippen molar-refractivity contribution in [2.24, 2.45) is 0 Å². The normalized spacial score (nSPS) is 11.2. The van der Waals surface area contributed by atoms with E-state index in [0.29, 0.717) is 0 Å². The third kappa shape index (κ3) is 2.99. The third-order valence-electron chi connectivity index (χ3n) is 1.87. The molecule has 1 heterocycles. The van der Waals surface area contributed by atoms with Gasteiger partial charge in [-0.25, -0.2) is 9.18 Å². The second-order valence-electron chi connectivity index (χ2n) is 3.02. The Balaban J connectivity index is 3.40. The number of pyridine rings is 1. The van der Waals surface area contributed by atoms with Crippen LogP contribution in [0.4, 0.5) is 17.6 Å². The average Bonchev–Trinajstić information content (AvgIpc) is 2.29. The number of aromatic amines is 1. The Labute approximate surface area is 97.3 Å². The summed E-state index contributed by atoms with van der Waals surface area (Å²) in [7, 11) is 0.904. The molecule has 0 amide bonds. The van der Waals surface area contributed by atoms with Crippen LogP contribution < -0.4 is 10.2 Å². The summed E-state index contributed by atoms with van der Waals surface area (Å²) < 4.78 is 56.2. The molecule has 1 N–H and O–H groups in total. The van der Waals surface area contributed by atoms with E-state index in [4.69, 9.17) is 0 Å². The molecule has 0 saturated heterocycles. The van der Waals surface area contributed by atoms with E-state index in [0.717, 1.165) is 13.3 Å². The highest BCUT2D eigenvalue weighted by Gasteiger charge is 2.35. The molecule has 0 bridgehead atoms. The molecule has 0 spiro atoms. The van der Waals surface area contributed by atoms with Gasteiger partial charge in [0.05, 0.1) is 12.7 Å². The number of alkyl halides is 4. The Kier molecular flexibility index (Phi) is 3.94. The maximum atomic E-state index is 12.3. The maximum Gasteiger partial charge on any atom is 0.573 e. The van der Waals surface area contributed by atoms with Crippen LogP contribution in [0.25, 0.3) is 0 Å². The molecule has 0 atom stereocenters. The summed E-state index contributed by atoms with van der Waals surface area (Å²) >= 11 is 0. The van der Waals surface area contributed by atoms with Gasteiger partial charge in [-0.2, -0.15) is 0 Å². The number of hydrogen-bond acceptors (Lipinski definition) is 4. The first-order valence-corrected chi connectivity index (χ1v) is 4.44. The molecule has 0 fully saturated rings. The van der Waals surface area contributed by atoms with E-state index in [9.17, 15) is 27.2 Å². The summed E-state index contributed by atoms with van der Waals surface area (Å²) in [6, 6.07) is 0. The number of aromatic nitrogens is 1. The Bertz CT molecular complexity index is 508. The van der Waals surface area contributed by atoms with E-state index in [1.54, 1.807) is 0 Å². The molecule has 0 aromatic carbocycles. The van der Waals surface area contributed by atoms with E-state index in [1.807, 2.05) is 4.98 Å². The molecule has 1 aromatic heterocycles. The van der Waals surface area contributed by atoms with Crippen LogP contribution in [0.15, 0.2) is 11.0 Å². The van der Waals surface area contributed by atoms with Crippen molar-refractivity contribution in [3.63, 3.8) is 0 Å². The number of esters is 1. The van der Waals surface area contributed by atoms with E-state index < -0.39 is 41.4 Å². The smallest absolute Gasteiger partial charge is 0.464 e. The summed E-state index contributed by atoms with van der Waals surface area (Å²) in [5.74, 6) is -2.58. The van der Waals surface area contributed by atoms with Gasteiger partial charge in [0.1, 0.15) is 6.67 Å². The monoisotopic (exact) mass is 269 g/mol. The lowest BCUT2D eigenvalue weighted by molar-refractivity contribution is -0.275. The number of carbonyl (C=O) groups is 1. The van der Waals surface area contributed by atoms with Crippen molar-refractivity contribution in [2.75, 3.05) is 7.11 Å². The van der Waals surface area contributed by atoms with Crippen molar-refractivity contribution in [3.05, 3.63) is 27.7 Å². The zero-order valence-corrected chi connectivity index (χ0v) is 8.93. The Morgan fingerprint density at radius 1 is 1.44 bits per heavy atom. The van der Waals surface area contributed by atoms with Crippen LogP contribution in [0.2, 0.25) is 0 Å². The van der Waals surface area contributed by atoms with Gasteiger partial charge in [-0.1, -0.05) is 0 Å². The number of ether oxygens (including phenoxy) is 2. The number of H-pyrrole nitrogens is 1. The molecular weight excluding hydrogens is 262 g/mol. The minimum Gasteiger partial charge on any atom is -0.464 e. The van der Waals surface area contributed by atoms with Crippen molar-refractivity contribution >= 4 is 5.97 Å². The Morgan fingerprint density at radius 2 is 2.06 bits per heavy atom. The fourth-order valence-corrected chi connectivity index (χ4v) is 1.12. The number of rotatable bonds is 3. The van der Waals surface area contributed by atoms with Crippen molar-refractivity contribution in [2.45, 2.75) is 13.0 Å². The molecule has 5 nitrogen and oxygen atoms in total. The Hall–Kier alpha value is -2.06. The lowest BCUT2D eigenvalue weighted by Gasteiger charge is -2.11. The second-order valence-corrected chi connectivity index (χ2v) is 3.02. The Morgan fingerprint density at radius 3 is 2.50 bits per heavy atom. The number of halogens is 4. The molecule has 0 aliphatic heterocycles. The summed E-state index contributed by atoms with van der Waals surface area (Å²) in [6.45, 7) is -1.30. The lowest BCUT2D eigenvalue weighted by Crippen LogP contribution is -2.26. The fraction of sp³-hybridized carbons (Fsp3) is 0.333. The molecule has 100 valence electrons. The first-order valence-electron chi connectivity index (χ1n) is 4.44. The summed E-state index contributed by atoms with van der Waals surface area (Å²) in [6.07, 6.45) is -4.41. The summed E-state index contributed by atoms with van der Waals surface area (Å²) in [4.78, 5) is 24.6. The van der Waals surface area contributed by atoms with Crippen molar-refractivity contribution in [1.82, 2.24) is 4.98 Å². The largest absolute Gasteiger partial charge is 0.573 e. The number of nitrogens with one attached hydrogen (secondary N) is 1. The fourth-order valence-electron chi connectivity index (χ4n) is 1.12. The van der Waals surface area contributed by atoms with Crippen molar-refractivity contribution < 1.29 is 31.8 Å². The predicted octanol–water partition coefficient (Wildman–Crippen LogP) is 1.53. The van der Waals surface area contributed by atoms with Crippen LogP contribution in [0.3, 0.4) is 0 Å². The highest BCUT2D eigenvalue weighted by atomic mass is 19.4. The van der Waals surface area contributed by atoms with Crippen molar-refractivity contribution in [1.29, 1.82) is 0 Å². The van der Waals surface area contributed by atoms with Gasteiger partial charge in [0, 0.05) is 6.20 Å². The highest BCUT2D eigenvalue weighted by molar-refractivity contribution is 5.90. The predicted molar refractivity (Wildman–Crippen MR) is 49.9 cm³/mol. The molecule has 0 aliphatic rings. The van der Waals surface area contributed by atoms with E-state index in [-0.39, 0.29) is 0 Å². The first-order chi connectivity index (χ1) is 8.30. The van der Waals surface area contributed by atoms with Gasteiger partial charge in [0.15, 0.2) is 5.69 Å². The maximum absolute atomic E-state index is 12.3. The van der Waals surface area contributed by atoms with Crippen LogP contribution in [0.5, 0.6) is 5.75 Å². The highest BCUT2D eigenvalue weighted by Crippen LogP contribution is 2.23. The minimum absolute atomic E-state index is 0.595. The molecule has 18 heavy (non-hydrogen) atoms. The third-order valence-corrected chi connectivity index (χ3v) is 1.87. The van der Waals surface area contributed by atoms with Gasteiger partial charge in [-0.05, 0) is 0 Å². The van der Waals surface area contributed by atoms with Crippen LogP contribution >= 0.6 is 0 Å². The molecule has 0 saturated carbocycles. The van der Waals surface area contributed by atoms with Crippen LogP contribution in [0, 0.1) is 0 Å². The van der Waals surface area contributed by atoms with Crippen LogP contribution in [-0.2, 0) is 11.4 Å². The van der Waals surface area contributed by atoms with Crippen LogP contribution in [-0.4, -0.2) is 24.4 Å². The molecule has 1 aromatic rings. The molecule has 9 heteroatoms. The van der Waals surface area contributed by atoms with Gasteiger partial charge in [-0.3, -0.25) is 4.79 Å². The standard InChI is InChI=1S/C9H7F4NO4/c1-17-8(16)5-7(18-9(11,12)13)6(15)4(2-10)3-14-5/h3H,2H2,1H3,(H,14,15). The molecule has 0 radical (unpaired) electrons. The van der Waals surface area contributed by atoms with Gasteiger partial charge in [0.25, 0.3) is 0 Å². The topological polar surface area (TPSA) is 68.4 Å². The van der Waals surface area contributed by atoms with Crippen molar-refractivity contribution in [3.8, 4) is 5.75 Å². The van der Waals surface area contributed by atoms with E-state index in [1.165, 1.54) is 0 Å². The number of hydrogen-bond donors (Lipinski definition) is 1. The second kappa shape index (κ2) is 5.07. The molecular formula is C9H7F4NO4.